The molecule has 6 aliphatic carbocycles. The highest BCUT2D eigenvalue weighted by molar-refractivity contribution is 5.10. The van der Waals surface area contributed by atoms with Crippen molar-refractivity contribution in [2.75, 3.05) is 0 Å². The van der Waals surface area contributed by atoms with E-state index in [0.29, 0.717) is 0 Å². The minimum Gasteiger partial charge on any atom is -0.393 e. The summed E-state index contributed by atoms with van der Waals surface area (Å²) in [7, 11) is 0. The number of aliphatic hydroxyl groups excluding tert-OH is 2. The van der Waals surface area contributed by atoms with Crippen LogP contribution in [0.4, 0.5) is 0 Å². The Kier molecular flexibility index (Phi) is 3.13. The van der Waals surface area contributed by atoms with Gasteiger partial charge >= 0.3 is 0 Å². The predicted molar refractivity (Wildman–Crippen MR) is 93.0 cm³/mol. The van der Waals surface area contributed by atoms with Gasteiger partial charge in [0.2, 0.25) is 0 Å². The van der Waals surface area contributed by atoms with E-state index in [1.54, 1.807) is 0 Å². The van der Waals surface area contributed by atoms with Gasteiger partial charge in [0.05, 0.1) is 12.2 Å². The zero-order chi connectivity index (χ0) is 16.2. The SMILES string of the molecule is CC(C1CC2CC1C1CC(O)CC21)C1CC2CC1C1CC(O)CC21. The summed E-state index contributed by atoms with van der Waals surface area (Å²) in [5, 5.41) is 20.2. The van der Waals surface area contributed by atoms with Crippen LogP contribution < -0.4 is 0 Å². The summed E-state index contributed by atoms with van der Waals surface area (Å²) in [5.41, 5.74) is 0. The molecule has 6 saturated carbocycles. The van der Waals surface area contributed by atoms with Crippen molar-refractivity contribution in [2.24, 2.45) is 65.1 Å². The van der Waals surface area contributed by atoms with E-state index in [2.05, 4.69) is 6.92 Å². The van der Waals surface area contributed by atoms with E-state index in [1.807, 2.05) is 0 Å². The first-order valence-electron chi connectivity index (χ1n) is 11.0. The van der Waals surface area contributed by atoms with Gasteiger partial charge in [-0.3, -0.25) is 0 Å². The molecule has 0 aliphatic heterocycles. The fourth-order valence-corrected chi connectivity index (χ4v) is 9.72. The molecular weight excluding hydrogens is 296 g/mol. The molecular formula is C22H34O2. The molecule has 0 spiro atoms. The van der Waals surface area contributed by atoms with E-state index in [1.165, 1.54) is 25.7 Å². The van der Waals surface area contributed by atoms with Gasteiger partial charge in [0.15, 0.2) is 0 Å². The van der Waals surface area contributed by atoms with E-state index in [-0.39, 0.29) is 12.2 Å². The largest absolute Gasteiger partial charge is 0.393 e. The summed E-state index contributed by atoms with van der Waals surface area (Å²) in [4.78, 5) is 0. The van der Waals surface area contributed by atoms with Gasteiger partial charge < -0.3 is 10.2 Å². The topological polar surface area (TPSA) is 40.5 Å². The molecule has 0 aromatic carbocycles. The maximum absolute atomic E-state index is 10.1. The first-order chi connectivity index (χ1) is 11.6. The molecule has 134 valence electrons. The van der Waals surface area contributed by atoms with Crippen LogP contribution in [0.15, 0.2) is 0 Å². The van der Waals surface area contributed by atoms with Crippen LogP contribution in [-0.4, -0.2) is 22.4 Å². The fraction of sp³-hybridized carbons (Fsp3) is 1.00. The average molecular weight is 331 g/mol. The summed E-state index contributed by atoms with van der Waals surface area (Å²) >= 11 is 0. The molecule has 0 aromatic rings. The van der Waals surface area contributed by atoms with Crippen molar-refractivity contribution in [3.05, 3.63) is 0 Å². The Morgan fingerprint density at radius 1 is 0.542 bits per heavy atom. The molecule has 0 aromatic heterocycles. The van der Waals surface area contributed by atoms with Crippen LogP contribution in [0.5, 0.6) is 0 Å². The Balaban J connectivity index is 1.20. The van der Waals surface area contributed by atoms with Gasteiger partial charge in [-0.2, -0.15) is 0 Å². The number of aliphatic hydroxyl groups is 2. The highest BCUT2D eigenvalue weighted by Crippen LogP contribution is 2.67. The van der Waals surface area contributed by atoms with Gasteiger partial charge in [0, 0.05) is 0 Å². The summed E-state index contributed by atoms with van der Waals surface area (Å²) in [6, 6.07) is 0. The molecule has 4 bridgehead atoms. The van der Waals surface area contributed by atoms with Crippen LogP contribution in [0.1, 0.15) is 58.3 Å². The summed E-state index contributed by atoms with van der Waals surface area (Å²) in [5.74, 6) is 10.1. The molecule has 2 N–H and O–H groups in total. The van der Waals surface area contributed by atoms with Crippen LogP contribution in [0, 0.1) is 65.1 Å². The van der Waals surface area contributed by atoms with Crippen molar-refractivity contribution in [3.8, 4) is 0 Å². The number of hydrogen-bond donors (Lipinski definition) is 2. The number of hydrogen-bond acceptors (Lipinski definition) is 2. The molecule has 2 nitrogen and oxygen atoms in total. The zero-order valence-electron chi connectivity index (χ0n) is 15.1. The lowest BCUT2D eigenvalue weighted by Crippen LogP contribution is -2.36. The van der Waals surface area contributed by atoms with Crippen molar-refractivity contribution in [3.63, 3.8) is 0 Å². The lowest BCUT2D eigenvalue weighted by Gasteiger charge is -2.42. The summed E-state index contributed by atoms with van der Waals surface area (Å²) in [6.45, 7) is 2.59. The van der Waals surface area contributed by atoms with Gasteiger partial charge in [-0.25, -0.2) is 0 Å². The first-order valence-corrected chi connectivity index (χ1v) is 11.0. The van der Waals surface area contributed by atoms with Gasteiger partial charge in [-0.05, 0) is 116 Å². The van der Waals surface area contributed by atoms with Crippen LogP contribution >= 0.6 is 0 Å². The average Bonchev–Trinajstić information content (AvgIpc) is 3.31. The van der Waals surface area contributed by atoms with Gasteiger partial charge in [-0.15, -0.1) is 0 Å². The third-order valence-corrected chi connectivity index (χ3v) is 10.3. The fourth-order valence-electron chi connectivity index (χ4n) is 9.72. The Morgan fingerprint density at radius 3 is 1.42 bits per heavy atom. The molecule has 6 fully saturated rings. The maximum atomic E-state index is 10.1. The third-order valence-electron chi connectivity index (χ3n) is 10.3. The normalized spacial score (nSPS) is 64.6. The molecule has 0 heterocycles. The smallest absolute Gasteiger partial charge is 0.0546 e. The van der Waals surface area contributed by atoms with Crippen molar-refractivity contribution in [1.29, 1.82) is 0 Å². The minimum atomic E-state index is 0.0163. The highest BCUT2D eigenvalue weighted by Gasteiger charge is 2.61. The summed E-state index contributed by atoms with van der Waals surface area (Å²) < 4.78 is 0. The molecule has 6 aliphatic rings. The van der Waals surface area contributed by atoms with E-state index in [0.717, 1.165) is 90.8 Å². The molecule has 24 heavy (non-hydrogen) atoms. The van der Waals surface area contributed by atoms with E-state index >= 15 is 0 Å². The second kappa shape index (κ2) is 5.00. The molecule has 12 unspecified atom stereocenters. The van der Waals surface area contributed by atoms with Gasteiger partial charge in [0.25, 0.3) is 0 Å². The molecule has 0 amide bonds. The zero-order valence-corrected chi connectivity index (χ0v) is 15.1. The van der Waals surface area contributed by atoms with E-state index in [4.69, 9.17) is 0 Å². The van der Waals surface area contributed by atoms with Crippen molar-refractivity contribution >= 4 is 0 Å². The Labute approximate surface area is 146 Å². The van der Waals surface area contributed by atoms with Crippen LogP contribution in [0.25, 0.3) is 0 Å². The van der Waals surface area contributed by atoms with Crippen LogP contribution in [0.2, 0.25) is 0 Å². The second-order valence-electron chi connectivity index (χ2n) is 10.9. The monoisotopic (exact) mass is 330 g/mol. The maximum Gasteiger partial charge on any atom is 0.0546 e. The number of rotatable bonds is 2. The Morgan fingerprint density at radius 2 is 0.958 bits per heavy atom. The number of fused-ring (bicyclic) bond motifs is 10. The highest BCUT2D eigenvalue weighted by atomic mass is 16.3. The molecule has 12 atom stereocenters. The van der Waals surface area contributed by atoms with Crippen LogP contribution in [0.3, 0.4) is 0 Å². The molecule has 6 rings (SSSR count). The van der Waals surface area contributed by atoms with Crippen molar-refractivity contribution in [2.45, 2.75) is 70.5 Å². The predicted octanol–water partition coefficient (Wildman–Crippen LogP) is 3.71. The Hall–Kier alpha value is -0.0800. The van der Waals surface area contributed by atoms with Gasteiger partial charge in [0.1, 0.15) is 0 Å². The third kappa shape index (κ3) is 1.85. The molecule has 0 saturated heterocycles. The summed E-state index contributed by atoms with van der Waals surface area (Å²) in [6.07, 6.45) is 10.4. The van der Waals surface area contributed by atoms with Crippen LogP contribution in [-0.2, 0) is 0 Å². The van der Waals surface area contributed by atoms with Gasteiger partial charge in [-0.1, -0.05) is 6.92 Å². The standard InChI is InChI=1S/C22H34O2/c1-10(15-2-11-4-19(15)21-8-13(23)6-17(11)21)16-3-12-5-20(16)22-9-14(24)7-18(12)22/h10-24H,2-9H2,1H3. The minimum absolute atomic E-state index is 0.0163. The first kappa shape index (κ1) is 15.0. The van der Waals surface area contributed by atoms with E-state index in [9.17, 15) is 10.2 Å². The van der Waals surface area contributed by atoms with Crippen molar-refractivity contribution in [1.82, 2.24) is 0 Å². The van der Waals surface area contributed by atoms with Crippen molar-refractivity contribution < 1.29 is 10.2 Å². The molecule has 2 heteroatoms. The molecule has 0 radical (unpaired) electrons. The lowest BCUT2D eigenvalue weighted by molar-refractivity contribution is 0.0623. The van der Waals surface area contributed by atoms with E-state index < -0.39 is 0 Å². The lowest BCUT2D eigenvalue weighted by atomic mass is 9.63. The quantitative estimate of drug-likeness (QED) is 0.810. The Bertz CT molecular complexity index is 486. The second-order valence-corrected chi connectivity index (χ2v) is 10.9.